The fourth-order valence-corrected chi connectivity index (χ4v) is 2.04. The Hall–Kier alpha value is -1.94. The molecule has 1 N–H and O–H groups in total. The van der Waals surface area contributed by atoms with Crippen LogP contribution in [0.25, 0.3) is 0 Å². The summed E-state index contributed by atoms with van der Waals surface area (Å²) in [6, 6.07) is 7.69. The van der Waals surface area contributed by atoms with Gasteiger partial charge in [0.1, 0.15) is 6.33 Å². The van der Waals surface area contributed by atoms with Crippen molar-refractivity contribution in [1.82, 2.24) is 9.97 Å². The van der Waals surface area contributed by atoms with Gasteiger partial charge >= 0.3 is 0 Å². The number of hydrogen-bond acceptors (Lipinski definition) is 4. The Morgan fingerprint density at radius 2 is 2.05 bits per heavy atom. The van der Waals surface area contributed by atoms with Gasteiger partial charge in [0.25, 0.3) is 0 Å². The molecule has 4 nitrogen and oxygen atoms in total. The molecule has 0 saturated heterocycles. The largest absolute Gasteiger partial charge is 0.481 e. The Balaban J connectivity index is 2.20. The van der Waals surface area contributed by atoms with Crippen molar-refractivity contribution < 1.29 is 9.84 Å². The van der Waals surface area contributed by atoms with E-state index in [-0.39, 0.29) is 0 Å². The van der Waals surface area contributed by atoms with E-state index in [9.17, 15) is 5.11 Å². The molecule has 0 spiro atoms. The van der Waals surface area contributed by atoms with Gasteiger partial charge in [0.15, 0.2) is 0 Å². The first-order chi connectivity index (χ1) is 9.11. The van der Waals surface area contributed by atoms with Gasteiger partial charge in [-0.3, -0.25) is 0 Å². The van der Waals surface area contributed by atoms with Crippen LogP contribution in [0.3, 0.4) is 0 Å². The Labute approximate surface area is 113 Å². The van der Waals surface area contributed by atoms with Gasteiger partial charge in [0, 0.05) is 12.5 Å². The number of aliphatic hydroxyl groups excluding tert-OH is 1. The maximum atomic E-state index is 10.3. The second-order valence-corrected chi connectivity index (χ2v) is 4.56. The highest BCUT2D eigenvalue weighted by molar-refractivity contribution is 5.35. The number of nitrogens with zero attached hydrogens (tertiary/aromatic N) is 2. The van der Waals surface area contributed by atoms with Crippen LogP contribution in [0, 0.1) is 13.8 Å². The van der Waals surface area contributed by atoms with Crippen LogP contribution in [0.5, 0.6) is 5.88 Å². The van der Waals surface area contributed by atoms with E-state index in [1.54, 1.807) is 13.2 Å². The van der Waals surface area contributed by atoms with E-state index in [1.807, 2.05) is 32.0 Å². The number of benzene rings is 1. The van der Waals surface area contributed by atoms with E-state index in [2.05, 4.69) is 9.97 Å². The molecule has 4 heteroatoms. The second-order valence-electron chi connectivity index (χ2n) is 4.56. The third kappa shape index (κ3) is 3.09. The lowest BCUT2D eigenvalue weighted by Gasteiger charge is -2.15. The Kier molecular flexibility index (Phi) is 4.12. The summed E-state index contributed by atoms with van der Waals surface area (Å²) in [7, 11) is 1.56. The number of methoxy groups -OCH3 is 1. The van der Waals surface area contributed by atoms with Gasteiger partial charge in [-0.05, 0) is 30.5 Å². The summed E-state index contributed by atoms with van der Waals surface area (Å²) in [5.41, 5.74) is 4.01. The van der Waals surface area contributed by atoms with E-state index in [4.69, 9.17) is 4.74 Å². The van der Waals surface area contributed by atoms with Crippen LogP contribution in [0.15, 0.2) is 30.6 Å². The molecule has 1 atom stereocenters. The van der Waals surface area contributed by atoms with Gasteiger partial charge in [-0.25, -0.2) is 9.97 Å². The van der Waals surface area contributed by atoms with Gasteiger partial charge in [0.05, 0.1) is 18.9 Å². The third-order valence-corrected chi connectivity index (χ3v) is 3.32. The summed E-state index contributed by atoms with van der Waals surface area (Å²) < 4.78 is 5.05. The maximum absolute atomic E-state index is 10.3. The zero-order chi connectivity index (χ0) is 13.8. The summed E-state index contributed by atoms with van der Waals surface area (Å²) in [5.74, 6) is 0.512. The molecule has 1 unspecified atom stereocenters. The number of aromatic nitrogens is 2. The van der Waals surface area contributed by atoms with E-state index in [0.29, 0.717) is 12.3 Å². The molecule has 19 heavy (non-hydrogen) atoms. The molecule has 100 valence electrons. The molecular weight excluding hydrogens is 240 g/mol. The molecule has 0 aliphatic rings. The fraction of sp³-hybridized carbons (Fsp3) is 0.333. The van der Waals surface area contributed by atoms with Crippen molar-refractivity contribution in [2.75, 3.05) is 7.11 Å². The molecule has 2 rings (SSSR count). The lowest BCUT2D eigenvalue weighted by Crippen LogP contribution is -2.06. The van der Waals surface area contributed by atoms with E-state index in [0.717, 1.165) is 16.8 Å². The van der Waals surface area contributed by atoms with Crippen molar-refractivity contribution in [2.45, 2.75) is 26.4 Å². The van der Waals surface area contributed by atoms with Crippen molar-refractivity contribution in [1.29, 1.82) is 0 Å². The molecule has 1 aromatic heterocycles. The van der Waals surface area contributed by atoms with Gasteiger partial charge < -0.3 is 9.84 Å². The minimum atomic E-state index is -0.570. The monoisotopic (exact) mass is 258 g/mol. The van der Waals surface area contributed by atoms with Crippen molar-refractivity contribution in [2.24, 2.45) is 0 Å². The smallest absolute Gasteiger partial charge is 0.216 e. The minimum Gasteiger partial charge on any atom is -0.481 e. The molecule has 0 aliphatic carbocycles. The van der Waals surface area contributed by atoms with Crippen molar-refractivity contribution in [3.8, 4) is 5.88 Å². The zero-order valence-corrected chi connectivity index (χ0v) is 11.4. The van der Waals surface area contributed by atoms with Crippen LogP contribution in [0.2, 0.25) is 0 Å². The predicted molar refractivity (Wildman–Crippen MR) is 73.2 cm³/mol. The average molecular weight is 258 g/mol. The summed E-state index contributed by atoms with van der Waals surface area (Å²) >= 11 is 0. The number of rotatable bonds is 4. The molecule has 1 aromatic carbocycles. The Morgan fingerprint density at radius 1 is 1.26 bits per heavy atom. The molecular formula is C15H18N2O2. The molecule has 0 amide bonds. The Morgan fingerprint density at radius 3 is 2.79 bits per heavy atom. The molecule has 0 aliphatic heterocycles. The van der Waals surface area contributed by atoms with Crippen LogP contribution < -0.4 is 4.74 Å². The molecule has 0 bridgehead atoms. The van der Waals surface area contributed by atoms with Gasteiger partial charge in [-0.15, -0.1) is 0 Å². The van der Waals surface area contributed by atoms with Crippen LogP contribution in [0.4, 0.5) is 0 Å². The number of ether oxygens (including phenoxy) is 1. The van der Waals surface area contributed by atoms with E-state index in [1.165, 1.54) is 11.9 Å². The number of aryl methyl sites for hydroxylation is 1. The molecule has 0 fully saturated rings. The third-order valence-electron chi connectivity index (χ3n) is 3.32. The van der Waals surface area contributed by atoms with Crippen LogP contribution in [-0.4, -0.2) is 22.2 Å². The first-order valence-electron chi connectivity index (χ1n) is 6.21. The summed E-state index contributed by atoms with van der Waals surface area (Å²) in [5, 5.41) is 10.3. The van der Waals surface area contributed by atoms with Crippen molar-refractivity contribution in [3.63, 3.8) is 0 Å². The highest BCUT2D eigenvalue weighted by atomic mass is 16.5. The Bertz CT molecular complexity index is 570. The normalized spacial score (nSPS) is 12.2. The summed E-state index contributed by atoms with van der Waals surface area (Å²) in [6.45, 7) is 4.06. The van der Waals surface area contributed by atoms with Gasteiger partial charge in [0.2, 0.25) is 5.88 Å². The minimum absolute atomic E-state index is 0.448. The lowest BCUT2D eigenvalue weighted by molar-refractivity contribution is 0.176. The number of hydrogen-bond donors (Lipinski definition) is 1. The maximum Gasteiger partial charge on any atom is 0.216 e. The SMILES string of the molecule is COc1cc(CC(O)c2cccc(C)c2C)ncn1. The average Bonchev–Trinajstić information content (AvgIpc) is 2.42. The molecule has 2 aromatic rings. The van der Waals surface area contributed by atoms with Crippen molar-refractivity contribution >= 4 is 0 Å². The van der Waals surface area contributed by atoms with Gasteiger partial charge in [-0.1, -0.05) is 18.2 Å². The topological polar surface area (TPSA) is 55.2 Å². The summed E-state index contributed by atoms with van der Waals surface area (Å²) in [4.78, 5) is 8.11. The quantitative estimate of drug-likeness (QED) is 0.914. The molecule has 0 saturated carbocycles. The highest BCUT2D eigenvalue weighted by Crippen LogP contribution is 2.23. The van der Waals surface area contributed by atoms with Gasteiger partial charge in [-0.2, -0.15) is 0 Å². The zero-order valence-electron chi connectivity index (χ0n) is 11.4. The first kappa shape index (κ1) is 13.5. The fourth-order valence-electron chi connectivity index (χ4n) is 2.04. The van der Waals surface area contributed by atoms with Crippen LogP contribution >= 0.6 is 0 Å². The molecule has 0 radical (unpaired) electrons. The first-order valence-corrected chi connectivity index (χ1v) is 6.21. The van der Waals surface area contributed by atoms with Crippen LogP contribution in [-0.2, 0) is 6.42 Å². The molecule has 1 heterocycles. The number of aliphatic hydroxyl groups is 1. The highest BCUT2D eigenvalue weighted by Gasteiger charge is 2.13. The summed E-state index contributed by atoms with van der Waals surface area (Å²) in [6.07, 6.45) is 1.33. The lowest BCUT2D eigenvalue weighted by atomic mass is 9.96. The predicted octanol–water partition coefficient (Wildman–Crippen LogP) is 2.38. The van der Waals surface area contributed by atoms with Crippen LogP contribution in [0.1, 0.15) is 28.5 Å². The van der Waals surface area contributed by atoms with E-state index < -0.39 is 6.10 Å². The second kappa shape index (κ2) is 5.80. The van der Waals surface area contributed by atoms with E-state index >= 15 is 0 Å². The van der Waals surface area contributed by atoms with Crippen molar-refractivity contribution in [3.05, 3.63) is 53.0 Å². The standard InChI is InChI=1S/C15H18N2O2/c1-10-5-4-6-13(11(10)2)14(18)7-12-8-15(19-3)17-9-16-12/h4-6,8-9,14,18H,7H2,1-3H3.